The normalized spacial score (nSPS) is 12.2. The second-order valence-corrected chi connectivity index (χ2v) is 5.27. The van der Waals surface area contributed by atoms with Gasteiger partial charge in [0.1, 0.15) is 17.4 Å². The highest BCUT2D eigenvalue weighted by Crippen LogP contribution is 2.07. The van der Waals surface area contributed by atoms with E-state index >= 15 is 0 Å². The molecule has 7 heteroatoms. The summed E-state index contributed by atoms with van der Waals surface area (Å²) in [5, 5.41) is 2.66. The monoisotopic (exact) mass is 292 g/mol. The highest BCUT2D eigenvalue weighted by atomic mass is 32.2. The first kappa shape index (κ1) is 14.4. The number of nitrogens with two attached hydrogens (primary N) is 1. The van der Waals surface area contributed by atoms with Gasteiger partial charge in [-0.15, -0.1) is 0 Å². The zero-order valence-electron chi connectivity index (χ0n) is 11.1. The number of hydrogen-bond donors (Lipinski definition) is 2. The number of fused-ring (bicyclic) bond motifs is 1. The van der Waals surface area contributed by atoms with Gasteiger partial charge in [0, 0.05) is 6.20 Å². The van der Waals surface area contributed by atoms with E-state index in [1.54, 1.807) is 28.4 Å². The summed E-state index contributed by atoms with van der Waals surface area (Å²) < 4.78 is 1.67. The molecular weight excluding hydrogens is 276 g/mol. The molecule has 20 heavy (non-hydrogen) atoms. The molecule has 0 unspecified atom stereocenters. The molecule has 0 radical (unpaired) electrons. The molecule has 106 valence electrons. The first-order chi connectivity index (χ1) is 9.63. The fourth-order valence-electron chi connectivity index (χ4n) is 1.85. The van der Waals surface area contributed by atoms with Crippen LogP contribution in [0, 0.1) is 0 Å². The summed E-state index contributed by atoms with van der Waals surface area (Å²) in [5.41, 5.74) is 6.37. The van der Waals surface area contributed by atoms with E-state index in [2.05, 4.69) is 10.3 Å². The maximum absolute atomic E-state index is 12.2. The number of rotatable bonds is 6. The molecule has 0 aliphatic carbocycles. The SMILES string of the molecule is CSCC[C@H](NC(=O)c1cnc2ccccn12)C(N)=O. The Balaban J connectivity index is 2.16. The minimum absolute atomic E-state index is 0.353. The minimum Gasteiger partial charge on any atom is -0.368 e. The zero-order chi connectivity index (χ0) is 14.5. The van der Waals surface area contributed by atoms with Crippen LogP contribution in [0.5, 0.6) is 0 Å². The molecule has 0 aliphatic heterocycles. The number of amides is 2. The van der Waals surface area contributed by atoms with Crippen LogP contribution < -0.4 is 11.1 Å². The van der Waals surface area contributed by atoms with Gasteiger partial charge >= 0.3 is 0 Å². The number of carbonyl (C=O) groups is 2. The molecule has 0 bridgehead atoms. The molecular formula is C13H16N4O2S. The Kier molecular flexibility index (Phi) is 4.62. The Morgan fingerprint density at radius 1 is 1.50 bits per heavy atom. The molecule has 0 aromatic carbocycles. The third kappa shape index (κ3) is 3.11. The second-order valence-electron chi connectivity index (χ2n) is 4.28. The lowest BCUT2D eigenvalue weighted by Crippen LogP contribution is -2.45. The number of imidazole rings is 1. The highest BCUT2D eigenvalue weighted by molar-refractivity contribution is 7.98. The number of aromatic nitrogens is 2. The van der Waals surface area contributed by atoms with Gasteiger partial charge in [0.15, 0.2) is 0 Å². The van der Waals surface area contributed by atoms with Crippen LogP contribution in [0.3, 0.4) is 0 Å². The summed E-state index contributed by atoms with van der Waals surface area (Å²) in [6.45, 7) is 0. The Hall–Kier alpha value is -2.02. The molecule has 1 atom stereocenters. The van der Waals surface area contributed by atoms with E-state index in [1.807, 2.05) is 18.4 Å². The first-order valence-corrected chi connectivity index (χ1v) is 7.54. The zero-order valence-corrected chi connectivity index (χ0v) is 11.9. The van der Waals surface area contributed by atoms with Gasteiger partial charge < -0.3 is 11.1 Å². The fourth-order valence-corrected chi connectivity index (χ4v) is 2.33. The van der Waals surface area contributed by atoms with Gasteiger partial charge in [-0.25, -0.2) is 4.98 Å². The third-order valence-corrected chi connectivity index (χ3v) is 3.55. The van der Waals surface area contributed by atoms with Crippen molar-refractivity contribution in [1.29, 1.82) is 0 Å². The van der Waals surface area contributed by atoms with Crippen molar-refractivity contribution in [1.82, 2.24) is 14.7 Å². The van der Waals surface area contributed by atoms with E-state index < -0.39 is 11.9 Å². The predicted octanol–water partition coefficient (Wildman–Crippen LogP) is 0.671. The predicted molar refractivity (Wildman–Crippen MR) is 78.6 cm³/mol. The van der Waals surface area contributed by atoms with Gasteiger partial charge in [-0.2, -0.15) is 11.8 Å². The van der Waals surface area contributed by atoms with Crippen LogP contribution >= 0.6 is 11.8 Å². The van der Waals surface area contributed by atoms with E-state index in [-0.39, 0.29) is 5.91 Å². The number of primary amides is 1. The van der Waals surface area contributed by atoms with Crippen molar-refractivity contribution in [3.8, 4) is 0 Å². The lowest BCUT2D eigenvalue weighted by atomic mass is 10.2. The van der Waals surface area contributed by atoms with Crippen LogP contribution in [-0.2, 0) is 4.79 Å². The highest BCUT2D eigenvalue weighted by Gasteiger charge is 2.20. The molecule has 0 fully saturated rings. The first-order valence-electron chi connectivity index (χ1n) is 6.14. The lowest BCUT2D eigenvalue weighted by molar-refractivity contribution is -0.119. The van der Waals surface area contributed by atoms with E-state index in [9.17, 15) is 9.59 Å². The number of hydrogen-bond acceptors (Lipinski definition) is 4. The molecule has 2 amide bonds. The number of nitrogens with zero attached hydrogens (tertiary/aromatic N) is 2. The van der Waals surface area contributed by atoms with Crippen molar-refractivity contribution < 1.29 is 9.59 Å². The summed E-state index contributed by atoms with van der Waals surface area (Å²) in [4.78, 5) is 27.7. The molecule has 6 nitrogen and oxygen atoms in total. The summed E-state index contributed by atoms with van der Waals surface area (Å²) in [6.07, 6.45) is 5.68. The molecule has 2 aromatic rings. The van der Waals surface area contributed by atoms with Gasteiger partial charge in [-0.1, -0.05) is 6.07 Å². The van der Waals surface area contributed by atoms with Crippen LogP contribution in [0.1, 0.15) is 16.9 Å². The third-order valence-electron chi connectivity index (χ3n) is 2.91. The van der Waals surface area contributed by atoms with Crippen molar-refractivity contribution >= 4 is 29.2 Å². The van der Waals surface area contributed by atoms with E-state index in [1.165, 1.54) is 6.20 Å². The Bertz CT molecular complexity index is 626. The van der Waals surface area contributed by atoms with Gasteiger partial charge in [-0.3, -0.25) is 14.0 Å². The van der Waals surface area contributed by atoms with Crippen molar-refractivity contribution in [2.45, 2.75) is 12.5 Å². The molecule has 0 aliphatic rings. The molecule has 2 aromatic heterocycles. The Morgan fingerprint density at radius 2 is 2.30 bits per heavy atom. The quantitative estimate of drug-likeness (QED) is 0.819. The Morgan fingerprint density at radius 3 is 3.00 bits per heavy atom. The number of pyridine rings is 1. The summed E-state index contributed by atoms with van der Waals surface area (Å²) in [6, 6.07) is 4.79. The molecule has 2 rings (SSSR count). The minimum atomic E-state index is -0.663. The number of carbonyl (C=O) groups excluding carboxylic acids is 2. The number of nitrogens with one attached hydrogen (secondary N) is 1. The molecule has 0 saturated heterocycles. The maximum Gasteiger partial charge on any atom is 0.270 e. The van der Waals surface area contributed by atoms with Crippen LogP contribution in [0.4, 0.5) is 0 Å². The maximum atomic E-state index is 12.2. The van der Waals surface area contributed by atoms with Gasteiger partial charge in [0.2, 0.25) is 5.91 Å². The second kappa shape index (κ2) is 6.42. The number of thioether (sulfide) groups is 1. The molecule has 0 saturated carbocycles. The molecule has 3 N–H and O–H groups in total. The van der Waals surface area contributed by atoms with Crippen molar-refractivity contribution in [3.63, 3.8) is 0 Å². The smallest absolute Gasteiger partial charge is 0.270 e. The summed E-state index contributed by atoms with van der Waals surface area (Å²) in [7, 11) is 0. The van der Waals surface area contributed by atoms with E-state index in [4.69, 9.17) is 5.73 Å². The summed E-state index contributed by atoms with van der Waals surface area (Å²) >= 11 is 1.60. The van der Waals surface area contributed by atoms with Gasteiger partial charge in [0.05, 0.1) is 6.20 Å². The van der Waals surface area contributed by atoms with Crippen molar-refractivity contribution in [3.05, 3.63) is 36.3 Å². The molecule has 0 spiro atoms. The molecule has 2 heterocycles. The fraction of sp³-hybridized carbons (Fsp3) is 0.308. The average Bonchev–Trinajstić information content (AvgIpc) is 2.87. The van der Waals surface area contributed by atoms with Gasteiger partial charge in [-0.05, 0) is 30.6 Å². The summed E-state index contributed by atoms with van der Waals surface area (Å²) in [5.74, 6) is -0.129. The van der Waals surface area contributed by atoms with Crippen LogP contribution in [0.15, 0.2) is 30.6 Å². The van der Waals surface area contributed by atoms with E-state index in [0.717, 1.165) is 5.75 Å². The Labute approximate surface area is 120 Å². The van der Waals surface area contributed by atoms with Crippen molar-refractivity contribution in [2.24, 2.45) is 5.73 Å². The topological polar surface area (TPSA) is 89.5 Å². The standard InChI is InChI=1S/C13H16N4O2S/c1-20-7-5-9(12(14)18)16-13(19)10-8-15-11-4-2-3-6-17(10)11/h2-4,6,8-9H,5,7H2,1H3,(H2,14,18)(H,16,19)/t9-/m0/s1. The largest absolute Gasteiger partial charge is 0.368 e. The van der Waals surface area contributed by atoms with Crippen LogP contribution in [0.2, 0.25) is 0 Å². The van der Waals surface area contributed by atoms with Crippen molar-refractivity contribution in [2.75, 3.05) is 12.0 Å². The van der Waals surface area contributed by atoms with Crippen LogP contribution in [-0.4, -0.2) is 39.2 Å². The lowest BCUT2D eigenvalue weighted by Gasteiger charge is -2.14. The van der Waals surface area contributed by atoms with Crippen LogP contribution in [0.25, 0.3) is 5.65 Å². The average molecular weight is 292 g/mol. The van der Waals surface area contributed by atoms with Gasteiger partial charge in [0.25, 0.3) is 5.91 Å². The van der Waals surface area contributed by atoms with E-state index in [0.29, 0.717) is 17.8 Å².